The molecule has 3 aliphatic rings. The van der Waals surface area contributed by atoms with Gasteiger partial charge in [-0.1, -0.05) is 0 Å². The first-order valence-electron chi connectivity index (χ1n) is 7.98. The highest BCUT2D eigenvalue weighted by Gasteiger charge is 2.37. The van der Waals surface area contributed by atoms with Crippen LogP contribution in [0.1, 0.15) is 32.1 Å². The fourth-order valence-corrected chi connectivity index (χ4v) is 5.12. The number of likely N-dealkylation sites (tertiary alicyclic amines) is 1. The highest BCUT2D eigenvalue weighted by atomic mass is 32.2. The zero-order valence-electron chi connectivity index (χ0n) is 12.4. The molecule has 2 heterocycles. The van der Waals surface area contributed by atoms with E-state index >= 15 is 0 Å². The summed E-state index contributed by atoms with van der Waals surface area (Å²) in [4.78, 5) is 2.42. The Labute approximate surface area is 122 Å². The molecule has 0 bridgehead atoms. The van der Waals surface area contributed by atoms with E-state index in [0.29, 0.717) is 31.1 Å². The summed E-state index contributed by atoms with van der Waals surface area (Å²) in [5, 5.41) is 3.30. The maximum Gasteiger partial charge on any atom is 0.215 e. The monoisotopic (exact) mass is 301 g/mol. The van der Waals surface area contributed by atoms with Crippen LogP contribution >= 0.6 is 0 Å². The van der Waals surface area contributed by atoms with E-state index < -0.39 is 10.0 Å². The van der Waals surface area contributed by atoms with Crippen LogP contribution in [0.2, 0.25) is 0 Å². The third-order valence-electron chi connectivity index (χ3n) is 5.07. The van der Waals surface area contributed by atoms with Gasteiger partial charge in [0.05, 0.1) is 5.75 Å². The van der Waals surface area contributed by atoms with Gasteiger partial charge in [-0.3, -0.25) is 0 Å². The van der Waals surface area contributed by atoms with E-state index in [9.17, 15) is 8.42 Å². The molecule has 3 rings (SSSR count). The van der Waals surface area contributed by atoms with Crippen LogP contribution < -0.4 is 5.32 Å². The van der Waals surface area contributed by atoms with E-state index in [2.05, 4.69) is 17.3 Å². The van der Waals surface area contributed by atoms with Gasteiger partial charge >= 0.3 is 0 Å². The molecule has 20 heavy (non-hydrogen) atoms. The van der Waals surface area contributed by atoms with Crippen LogP contribution in [0.5, 0.6) is 0 Å². The van der Waals surface area contributed by atoms with Crippen LogP contribution in [0.4, 0.5) is 0 Å². The summed E-state index contributed by atoms with van der Waals surface area (Å²) in [7, 11) is -0.886. The van der Waals surface area contributed by atoms with E-state index in [4.69, 9.17) is 0 Å². The van der Waals surface area contributed by atoms with Gasteiger partial charge in [0.25, 0.3) is 0 Å². The molecular formula is C14H27N3O2S. The van der Waals surface area contributed by atoms with Gasteiger partial charge in [-0.25, -0.2) is 12.7 Å². The minimum absolute atomic E-state index is 0.261. The number of hydrogen-bond acceptors (Lipinski definition) is 4. The van der Waals surface area contributed by atoms with Crippen molar-refractivity contribution in [2.75, 3.05) is 39.0 Å². The van der Waals surface area contributed by atoms with Crippen LogP contribution in [-0.4, -0.2) is 68.7 Å². The smallest absolute Gasteiger partial charge is 0.215 e. The Kier molecular flexibility index (Phi) is 4.36. The Bertz CT molecular complexity index is 436. The van der Waals surface area contributed by atoms with Gasteiger partial charge in [-0.15, -0.1) is 0 Å². The molecule has 0 aromatic rings. The van der Waals surface area contributed by atoms with Crippen molar-refractivity contribution < 1.29 is 8.42 Å². The zero-order valence-corrected chi connectivity index (χ0v) is 13.2. The molecular weight excluding hydrogens is 274 g/mol. The van der Waals surface area contributed by atoms with Crippen molar-refractivity contribution in [2.45, 2.75) is 44.2 Å². The van der Waals surface area contributed by atoms with Crippen molar-refractivity contribution >= 4 is 10.0 Å². The molecule has 3 fully saturated rings. The van der Waals surface area contributed by atoms with Crippen molar-refractivity contribution in [1.82, 2.24) is 14.5 Å². The second-order valence-corrected chi connectivity index (χ2v) is 8.73. The summed E-state index contributed by atoms with van der Waals surface area (Å²) >= 11 is 0. The van der Waals surface area contributed by atoms with Crippen molar-refractivity contribution in [2.24, 2.45) is 5.92 Å². The Morgan fingerprint density at radius 1 is 1.15 bits per heavy atom. The van der Waals surface area contributed by atoms with Crippen LogP contribution in [0.25, 0.3) is 0 Å². The number of piperidine rings is 2. The molecule has 0 amide bonds. The Morgan fingerprint density at radius 2 is 1.95 bits per heavy atom. The summed E-state index contributed by atoms with van der Waals surface area (Å²) in [5.41, 5.74) is 0. The number of fused-ring (bicyclic) bond motifs is 1. The van der Waals surface area contributed by atoms with Gasteiger partial charge in [0.1, 0.15) is 0 Å². The molecule has 0 radical (unpaired) electrons. The Morgan fingerprint density at radius 3 is 2.70 bits per heavy atom. The molecule has 1 saturated carbocycles. The van der Waals surface area contributed by atoms with Gasteiger partial charge in [0.15, 0.2) is 0 Å². The number of hydrogen-bond donors (Lipinski definition) is 1. The van der Waals surface area contributed by atoms with Gasteiger partial charge in [-0.2, -0.15) is 0 Å². The highest BCUT2D eigenvalue weighted by molar-refractivity contribution is 7.89. The first-order valence-corrected chi connectivity index (χ1v) is 9.58. The summed E-state index contributed by atoms with van der Waals surface area (Å²) < 4.78 is 26.6. The molecule has 2 unspecified atom stereocenters. The molecule has 116 valence electrons. The number of nitrogens with zero attached hydrogens (tertiary/aromatic N) is 2. The fraction of sp³-hybridized carbons (Fsp3) is 1.00. The average Bonchev–Trinajstić information content (AvgIpc) is 3.22. The predicted octanol–water partition coefficient (Wildman–Crippen LogP) is 0.484. The molecule has 0 aromatic heterocycles. The molecule has 0 aromatic carbocycles. The van der Waals surface area contributed by atoms with Gasteiger partial charge in [0, 0.05) is 31.7 Å². The van der Waals surface area contributed by atoms with E-state index in [1.165, 1.54) is 32.2 Å². The second kappa shape index (κ2) is 5.91. The summed E-state index contributed by atoms with van der Waals surface area (Å²) in [6, 6.07) is 1.18. The number of sulfonamides is 1. The molecule has 2 saturated heterocycles. The normalized spacial score (nSPS) is 33.0. The summed E-state index contributed by atoms with van der Waals surface area (Å²) in [6.45, 7) is 3.22. The minimum atomic E-state index is -3.07. The van der Waals surface area contributed by atoms with Crippen molar-refractivity contribution in [3.05, 3.63) is 0 Å². The third kappa shape index (κ3) is 3.35. The van der Waals surface area contributed by atoms with Crippen molar-refractivity contribution in [3.8, 4) is 0 Å². The molecule has 0 spiro atoms. The lowest BCUT2D eigenvalue weighted by Gasteiger charge is -2.45. The van der Waals surface area contributed by atoms with Gasteiger partial charge < -0.3 is 10.2 Å². The standard InChI is InChI=1S/C14H27N3O2S/c1-16-8-2-3-12-11-17(9-6-14(12)16)20(18,19)10-7-15-13-4-5-13/h12-15H,2-11H2,1H3. The topological polar surface area (TPSA) is 52.7 Å². The zero-order chi connectivity index (χ0) is 14.2. The van der Waals surface area contributed by atoms with Gasteiger partial charge in [-0.05, 0) is 51.6 Å². The van der Waals surface area contributed by atoms with E-state index in [1.54, 1.807) is 4.31 Å². The first kappa shape index (κ1) is 14.8. The molecule has 1 N–H and O–H groups in total. The third-order valence-corrected chi connectivity index (χ3v) is 6.91. The van der Waals surface area contributed by atoms with Crippen LogP contribution in [0.3, 0.4) is 0 Å². The van der Waals surface area contributed by atoms with Crippen LogP contribution in [-0.2, 0) is 10.0 Å². The minimum Gasteiger partial charge on any atom is -0.313 e. The van der Waals surface area contributed by atoms with E-state index in [1.807, 2.05) is 0 Å². The molecule has 2 aliphatic heterocycles. The highest BCUT2D eigenvalue weighted by Crippen LogP contribution is 2.30. The van der Waals surface area contributed by atoms with Crippen molar-refractivity contribution in [3.63, 3.8) is 0 Å². The summed E-state index contributed by atoms with van der Waals surface area (Å²) in [6.07, 6.45) is 5.80. The largest absolute Gasteiger partial charge is 0.313 e. The fourth-order valence-electron chi connectivity index (χ4n) is 3.68. The van der Waals surface area contributed by atoms with Gasteiger partial charge in [0.2, 0.25) is 10.0 Å². The lowest BCUT2D eigenvalue weighted by molar-refractivity contribution is 0.0671. The molecule has 2 atom stereocenters. The number of nitrogens with one attached hydrogen (secondary N) is 1. The average molecular weight is 301 g/mol. The molecule has 6 heteroatoms. The second-order valence-electron chi connectivity index (χ2n) is 6.64. The summed E-state index contributed by atoms with van der Waals surface area (Å²) in [5.74, 6) is 0.796. The lowest BCUT2D eigenvalue weighted by atomic mass is 9.85. The molecule has 5 nitrogen and oxygen atoms in total. The Balaban J connectivity index is 1.54. The number of rotatable bonds is 5. The quantitative estimate of drug-likeness (QED) is 0.803. The molecule has 1 aliphatic carbocycles. The Hall–Kier alpha value is -0.170. The van der Waals surface area contributed by atoms with E-state index in [-0.39, 0.29) is 5.75 Å². The SMILES string of the molecule is CN1CCCC2CN(S(=O)(=O)CCNC3CC3)CCC21. The lowest BCUT2D eigenvalue weighted by Crippen LogP contribution is -2.54. The predicted molar refractivity (Wildman–Crippen MR) is 80.1 cm³/mol. The van der Waals surface area contributed by atoms with E-state index in [0.717, 1.165) is 13.0 Å². The maximum absolute atomic E-state index is 12.4. The first-order chi connectivity index (χ1) is 9.56. The van der Waals surface area contributed by atoms with Crippen LogP contribution in [0.15, 0.2) is 0 Å². The van der Waals surface area contributed by atoms with Crippen LogP contribution in [0, 0.1) is 5.92 Å². The van der Waals surface area contributed by atoms with Crippen molar-refractivity contribution in [1.29, 1.82) is 0 Å². The maximum atomic E-state index is 12.4.